The van der Waals surface area contributed by atoms with Gasteiger partial charge in [0, 0.05) is 11.8 Å². The van der Waals surface area contributed by atoms with Crippen molar-refractivity contribution in [3.05, 3.63) is 18.2 Å². The van der Waals surface area contributed by atoms with Gasteiger partial charge in [0.25, 0.3) is 0 Å². The number of rotatable bonds is 6. The van der Waals surface area contributed by atoms with E-state index in [1.54, 1.807) is 13.2 Å². The molecule has 17 heavy (non-hydrogen) atoms. The van der Waals surface area contributed by atoms with E-state index >= 15 is 0 Å². The highest BCUT2D eigenvalue weighted by atomic mass is 16.5. The summed E-state index contributed by atoms with van der Waals surface area (Å²) in [4.78, 5) is 0. The summed E-state index contributed by atoms with van der Waals surface area (Å²) in [6.07, 6.45) is 3.91. The Kier molecular flexibility index (Phi) is 3.77. The lowest BCUT2D eigenvalue weighted by Crippen LogP contribution is -2.13. The highest BCUT2D eigenvalue weighted by Gasteiger charge is 2.30. The van der Waals surface area contributed by atoms with Gasteiger partial charge in [-0.15, -0.1) is 0 Å². The molecule has 94 valence electrons. The molecular formula is C14H21NO2. The number of hydrogen-bond acceptors (Lipinski definition) is 3. The van der Waals surface area contributed by atoms with Crippen LogP contribution in [0.5, 0.6) is 11.5 Å². The second kappa shape index (κ2) is 5.30. The predicted molar refractivity (Wildman–Crippen MR) is 69.4 cm³/mol. The molecule has 0 amide bonds. The molecule has 1 aliphatic carbocycles. The quantitative estimate of drug-likeness (QED) is 0.771. The molecule has 0 aliphatic heterocycles. The molecule has 0 saturated heterocycles. The lowest BCUT2D eigenvalue weighted by atomic mass is 10.0. The maximum atomic E-state index is 5.86. The summed E-state index contributed by atoms with van der Waals surface area (Å²) in [5.41, 5.74) is 6.41. The Hall–Kier alpha value is -1.38. The standard InChI is InChI=1S/C14H21NO2/c1-3-10(11-4-5-11)9-17-13-7-6-12(15)8-14(13)16-2/h6-8,10-11H,3-5,9,15H2,1-2H3. The number of hydrogen-bond donors (Lipinski definition) is 1. The molecule has 1 fully saturated rings. The molecule has 3 nitrogen and oxygen atoms in total. The first-order valence-corrected chi connectivity index (χ1v) is 6.31. The fourth-order valence-electron chi connectivity index (χ4n) is 2.16. The molecule has 1 saturated carbocycles. The second-order valence-corrected chi connectivity index (χ2v) is 4.73. The van der Waals surface area contributed by atoms with Crippen molar-refractivity contribution in [2.75, 3.05) is 19.5 Å². The summed E-state index contributed by atoms with van der Waals surface area (Å²) in [7, 11) is 1.64. The largest absolute Gasteiger partial charge is 0.493 e. The van der Waals surface area contributed by atoms with E-state index in [4.69, 9.17) is 15.2 Å². The van der Waals surface area contributed by atoms with Crippen molar-refractivity contribution in [1.82, 2.24) is 0 Å². The average Bonchev–Trinajstić information content (AvgIpc) is 3.16. The molecule has 0 heterocycles. The summed E-state index contributed by atoms with van der Waals surface area (Å²) in [5, 5.41) is 0. The lowest BCUT2D eigenvalue weighted by Gasteiger charge is -2.16. The molecule has 0 aromatic heterocycles. The Labute approximate surface area is 103 Å². The zero-order valence-electron chi connectivity index (χ0n) is 10.6. The molecule has 2 N–H and O–H groups in total. The summed E-state index contributed by atoms with van der Waals surface area (Å²) in [6.45, 7) is 3.01. The first-order chi connectivity index (χ1) is 8.24. The third-order valence-corrected chi connectivity index (χ3v) is 3.45. The van der Waals surface area contributed by atoms with Crippen LogP contribution < -0.4 is 15.2 Å². The van der Waals surface area contributed by atoms with Gasteiger partial charge in [-0.1, -0.05) is 6.92 Å². The van der Waals surface area contributed by atoms with Crippen molar-refractivity contribution in [3.63, 3.8) is 0 Å². The number of ether oxygens (including phenoxy) is 2. The van der Waals surface area contributed by atoms with Gasteiger partial charge < -0.3 is 15.2 Å². The smallest absolute Gasteiger partial charge is 0.162 e. The minimum absolute atomic E-state index is 0.678. The monoisotopic (exact) mass is 235 g/mol. The van der Waals surface area contributed by atoms with Crippen LogP contribution in [0.15, 0.2) is 18.2 Å². The minimum atomic E-state index is 0.678. The molecule has 0 spiro atoms. The van der Waals surface area contributed by atoms with Crippen LogP contribution in [0, 0.1) is 11.8 Å². The average molecular weight is 235 g/mol. The fraction of sp³-hybridized carbons (Fsp3) is 0.571. The van der Waals surface area contributed by atoms with E-state index in [1.165, 1.54) is 19.3 Å². The zero-order valence-corrected chi connectivity index (χ0v) is 10.6. The zero-order chi connectivity index (χ0) is 12.3. The number of benzene rings is 1. The Morgan fingerprint density at radius 3 is 2.71 bits per heavy atom. The van der Waals surface area contributed by atoms with E-state index < -0.39 is 0 Å². The fourth-order valence-corrected chi connectivity index (χ4v) is 2.16. The van der Waals surface area contributed by atoms with Crippen molar-refractivity contribution < 1.29 is 9.47 Å². The van der Waals surface area contributed by atoms with Crippen LogP contribution in [0.4, 0.5) is 5.69 Å². The normalized spacial score (nSPS) is 16.6. The first kappa shape index (κ1) is 12.1. The van der Waals surface area contributed by atoms with Crippen molar-refractivity contribution in [1.29, 1.82) is 0 Å². The topological polar surface area (TPSA) is 44.5 Å². The van der Waals surface area contributed by atoms with Crippen molar-refractivity contribution in [2.24, 2.45) is 11.8 Å². The highest BCUT2D eigenvalue weighted by molar-refractivity contribution is 5.51. The number of nitrogens with two attached hydrogens (primary N) is 1. The Balaban J connectivity index is 1.97. The third-order valence-electron chi connectivity index (χ3n) is 3.45. The van der Waals surface area contributed by atoms with Crippen molar-refractivity contribution in [3.8, 4) is 11.5 Å². The van der Waals surface area contributed by atoms with Crippen LogP contribution in [0.1, 0.15) is 26.2 Å². The molecular weight excluding hydrogens is 214 g/mol. The molecule has 0 bridgehead atoms. The van der Waals surface area contributed by atoms with Crippen LogP contribution in [-0.4, -0.2) is 13.7 Å². The van der Waals surface area contributed by atoms with Gasteiger partial charge in [-0.25, -0.2) is 0 Å². The van der Waals surface area contributed by atoms with Gasteiger partial charge in [-0.2, -0.15) is 0 Å². The van der Waals surface area contributed by atoms with E-state index in [-0.39, 0.29) is 0 Å². The van der Waals surface area contributed by atoms with Crippen LogP contribution in [0.25, 0.3) is 0 Å². The van der Waals surface area contributed by atoms with Crippen LogP contribution in [-0.2, 0) is 0 Å². The van der Waals surface area contributed by atoms with Crippen molar-refractivity contribution in [2.45, 2.75) is 26.2 Å². The van der Waals surface area contributed by atoms with E-state index in [2.05, 4.69) is 6.92 Å². The van der Waals surface area contributed by atoms with E-state index in [0.717, 1.165) is 24.0 Å². The maximum Gasteiger partial charge on any atom is 0.162 e. The minimum Gasteiger partial charge on any atom is -0.493 e. The summed E-state index contributed by atoms with van der Waals surface area (Å²) < 4.78 is 11.1. The second-order valence-electron chi connectivity index (χ2n) is 4.73. The first-order valence-electron chi connectivity index (χ1n) is 6.31. The molecule has 2 rings (SSSR count). The van der Waals surface area contributed by atoms with Crippen LogP contribution in [0.3, 0.4) is 0 Å². The molecule has 1 atom stereocenters. The summed E-state index contributed by atoms with van der Waals surface area (Å²) in [6, 6.07) is 5.52. The molecule has 1 aromatic rings. The van der Waals surface area contributed by atoms with E-state index in [1.807, 2.05) is 12.1 Å². The third kappa shape index (κ3) is 3.05. The van der Waals surface area contributed by atoms with Gasteiger partial charge in [0.2, 0.25) is 0 Å². The van der Waals surface area contributed by atoms with Gasteiger partial charge in [0.15, 0.2) is 11.5 Å². The summed E-state index contributed by atoms with van der Waals surface area (Å²) in [5.74, 6) is 3.06. The van der Waals surface area contributed by atoms with Crippen LogP contribution in [0.2, 0.25) is 0 Å². The van der Waals surface area contributed by atoms with Crippen molar-refractivity contribution >= 4 is 5.69 Å². The van der Waals surface area contributed by atoms with Gasteiger partial charge in [-0.05, 0) is 43.2 Å². The lowest BCUT2D eigenvalue weighted by molar-refractivity contribution is 0.218. The molecule has 1 aromatic carbocycles. The van der Waals surface area contributed by atoms with Gasteiger partial charge in [0.1, 0.15) is 0 Å². The van der Waals surface area contributed by atoms with E-state index in [9.17, 15) is 0 Å². The maximum absolute atomic E-state index is 5.86. The van der Waals surface area contributed by atoms with Gasteiger partial charge in [-0.3, -0.25) is 0 Å². The number of anilines is 1. The number of nitrogen functional groups attached to an aromatic ring is 1. The van der Waals surface area contributed by atoms with Gasteiger partial charge >= 0.3 is 0 Å². The SMILES string of the molecule is CCC(COc1ccc(N)cc1OC)C1CC1. The number of methoxy groups -OCH3 is 1. The van der Waals surface area contributed by atoms with Crippen LogP contribution >= 0.6 is 0 Å². The van der Waals surface area contributed by atoms with E-state index in [0.29, 0.717) is 11.6 Å². The molecule has 1 aliphatic rings. The summed E-state index contributed by atoms with van der Waals surface area (Å²) >= 11 is 0. The van der Waals surface area contributed by atoms with Gasteiger partial charge in [0.05, 0.1) is 13.7 Å². The predicted octanol–water partition coefficient (Wildman–Crippen LogP) is 3.09. The molecule has 0 radical (unpaired) electrons. The highest BCUT2D eigenvalue weighted by Crippen LogP contribution is 2.39. The Morgan fingerprint density at radius 2 is 2.12 bits per heavy atom. The molecule has 3 heteroatoms. The Morgan fingerprint density at radius 1 is 1.35 bits per heavy atom. The molecule has 1 unspecified atom stereocenters. The Bertz CT molecular complexity index is 374.